The van der Waals surface area contributed by atoms with Crippen LogP contribution in [0.3, 0.4) is 0 Å². The van der Waals surface area contributed by atoms with E-state index in [0.717, 1.165) is 36.8 Å². The number of carbonyl (C=O) groups excluding carboxylic acids is 4. The Bertz CT molecular complexity index is 1790. The Labute approximate surface area is 297 Å². The molecule has 2 atom stereocenters. The first kappa shape index (κ1) is 36.7. The molecule has 1 N–H and O–H groups in total. The van der Waals surface area contributed by atoms with Crippen molar-refractivity contribution >= 4 is 46.7 Å². The fourth-order valence-electron chi connectivity index (χ4n) is 6.61. The van der Waals surface area contributed by atoms with Crippen LogP contribution in [-0.2, 0) is 41.4 Å². The average Bonchev–Trinajstić information content (AvgIpc) is 3.19. The van der Waals surface area contributed by atoms with Crippen LogP contribution in [0.5, 0.6) is 11.5 Å². The first-order chi connectivity index (χ1) is 23.8. The van der Waals surface area contributed by atoms with Gasteiger partial charge in [0.2, 0.25) is 5.91 Å². The molecule has 50 heavy (non-hydrogen) atoms. The van der Waals surface area contributed by atoms with E-state index in [-0.39, 0.29) is 19.6 Å². The van der Waals surface area contributed by atoms with E-state index in [0.29, 0.717) is 44.6 Å². The van der Waals surface area contributed by atoms with Crippen LogP contribution >= 0.6 is 11.6 Å². The van der Waals surface area contributed by atoms with Crippen LogP contribution in [0.15, 0.2) is 48.5 Å². The predicted molar refractivity (Wildman–Crippen MR) is 188 cm³/mol. The van der Waals surface area contributed by atoms with E-state index in [4.69, 9.17) is 35.3 Å². The minimum absolute atomic E-state index is 0.0506. The summed E-state index contributed by atoms with van der Waals surface area (Å²) in [6.07, 6.45) is 0.923. The number of methoxy groups -OCH3 is 3. The molecule has 2 amide bonds. The number of nitrogens with zero attached hydrogens (tertiary/aromatic N) is 1. The van der Waals surface area contributed by atoms with Crippen molar-refractivity contribution in [1.29, 1.82) is 0 Å². The molecule has 0 saturated carbocycles. The fourth-order valence-corrected chi connectivity index (χ4v) is 6.79. The van der Waals surface area contributed by atoms with E-state index in [1.165, 1.54) is 28.3 Å². The van der Waals surface area contributed by atoms with Gasteiger partial charge in [-0.15, -0.1) is 0 Å². The summed E-state index contributed by atoms with van der Waals surface area (Å²) in [4.78, 5) is 54.4. The van der Waals surface area contributed by atoms with E-state index >= 15 is 0 Å². The highest BCUT2D eigenvalue weighted by Gasteiger charge is 2.41. The fraction of sp³-hybridized carbons (Fsp3) is 0.421. The zero-order valence-electron chi connectivity index (χ0n) is 29.2. The van der Waals surface area contributed by atoms with Crippen LogP contribution in [-0.4, -0.2) is 64.3 Å². The van der Waals surface area contributed by atoms with Crippen molar-refractivity contribution in [3.63, 3.8) is 0 Å². The standard InChI is InChI=1S/C38H43ClN2O9/c1-22(42)49-21-38(2,3)20-41-30-15-14-24(39)17-29(30)34(27-12-9-13-31(46-4)35(27)47-5)50-32(36(41)44)19-33(43)40-25-16-23-10-7-8-11-26(23)28(18-25)37(45)48-6/h9,12-18,32,34H,7-8,10-11,19-21H2,1-6H3,(H,40,43)/t32-,34-/m1/s1. The molecule has 5 rings (SSSR count). The number of benzene rings is 3. The molecule has 3 aromatic carbocycles. The zero-order chi connectivity index (χ0) is 36.2. The van der Waals surface area contributed by atoms with E-state index in [9.17, 15) is 19.2 Å². The molecule has 0 saturated heterocycles. The molecule has 1 heterocycles. The summed E-state index contributed by atoms with van der Waals surface area (Å²) in [5.74, 6) is -1.02. The summed E-state index contributed by atoms with van der Waals surface area (Å²) in [6.45, 7) is 5.27. The lowest BCUT2D eigenvalue weighted by Crippen LogP contribution is -2.46. The molecule has 266 valence electrons. The van der Waals surface area contributed by atoms with Crippen LogP contribution in [0.1, 0.15) is 78.7 Å². The molecule has 1 aliphatic heterocycles. The van der Waals surface area contributed by atoms with E-state index in [2.05, 4.69) is 5.32 Å². The third-order valence-electron chi connectivity index (χ3n) is 8.90. The monoisotopic (exact) mass is 706 g/mol. The largest absolute Gasteiger partial charge is 0.493 e. The second-order valence-corrected chi connectivity index (χ2v) is 13.7. The minimum atomic E-state index is -1.27. The number of aryl methyl sites for hydroxylation is 1. The average molecular weight is 707 g/mol. The highest BCUT2D eigenvalue weighted by atomic mass is 35.5. The van der Waals surface area contributed by atoms with Crippen molar-refractivity contribution < 1.29 is 42.9 Å². The Hall–Kier alpha value is -4.61. The van der Waals surface area contributed by atoms with Crippen molar-refractivity contribution in [2.24, 2.45) is 5.41 Å². The van der Waals surface area contributed by atoms with Crippen LogP contribution in [0.25, 0.3) is 0 Å². The lowest BCUT2D eigenvalue weighted by Gasteiger charge is -2.33. The molecule has 1 aliphatic carbocycles. The van der Waals surface area contributed by atoms with Gasteiger partial charge in [0.25, 0.3) is 5.91 Å². The molecular formula is C38H43ClN2O9. The highest BCUT2D eigenvalue weighted by Crippen LogP contribution is 2.46. The molecule has 0 radical (unpaired) electrons. The van der Waals surface area contributed by atoms with Gasteiger partial charge >= 0.3 is 11.9 Å². The van der Waals surface area contributed by atoms with Gasteiger partial charge in [-0.3, -0.25) is 14.4 Å². The second kappa shape index (κ2) is 15.5. The summed E-state index contributed by atoms with van der Waals surface area (Å²) < 4.78 is 28.4. The maximum atomic E-state index is 14.6. The smallest absolute Gasteiger partial charge is 0.338 e. The normalized spacial score (nSPS) is 17.2. The number of esters is 2. The third-order valence-corrected chi connectivity index (χ3v) is 9.13. The number of carbonyl (C=O) groups is 4. The maximum absolute atomic E-state index is 14.6. The Morgan fingerprint density at radius 2 is 1.76 bits per heavy atom. The number of halogens is 1. The predicted octanol–water partition coefficient (Wildman–Crippen LogP) is 6.46. The van der Waals surface area contributed by atoms with Gasteiger partial charge in [-0.1, -0.05) is 37.6 Å². The van der Waals surface area contributed by atoms with E-state index in [1.807, 2.05) is 19.9 Å². The number of hydrogen-bond donors (Lipinski definition) is 1. The van der Waals surface area contributed by atoms with Crippen LogP contribution in [0.2, 0.25) is 5.02 Å². The van der Waals surface area contributed by atoms with Gasteiger partial charge < -0.3 is 33.9 Å². The number of nitrogens with one attached hydrogen (secondary N) is 1. The number of amides is 2. The van der Waals surface area contributed by atoms with Gasteiger partial charge in [0.05, 0.1) is 39.9 Å². The second-order valence-electron chi connectivity index (χ2n) is 13.3. The minimum Gasteiger partial charge on any atom is -0.493 e. The van der Waals surface area contributed by atoms with Gasteiger partial charge in [0.15, 0.2) is 11.5 Å². The molecular weight excluding hydrogens is 664 g/mol. The number of ether oxygens (including phenoxy) is 5. The zero-order valence-corrected chi connectivity index (χ0v) is 30.0. The van der Waals surface area contributed by atoms with Crippen molar-refractivity contribution in [2.45, 2.75) is 65.1 Å². The Morgan fingerprint density at radius 3 is 2.46 bits per heavy atom. The lowest BCUT2D eigenvalue weighted by atomic mass is 9.87. The number of rotatable bonds is 11. The van der Waals surface area contributed by atoms with Crippen LogP contribution in [0, 0.1) is 5.41 Å². The first-order valence-electron chi connectivity index (χ1n) is 16.5. The van der Waals surface area contributed by atoms with Crippen molar-refractivity contribution in [3.05, 3.63) is 81.4 Å². The van der Waals surface area contributed by atoms with Crippen molar-refractivity contribution in [1.82, 2.24) is 0 Å². The van der Waals surface area contributed by atoms with Gasteiger partial charge in [-0.05, 0) is 73.2 Å². The molecule has 0 spiro atoms. The molecule has 0 bridgehead atoms. The van der Waals surface area contributed by atoms with Crippen molar-refractivity contribution in [3.8, 4) is 11.5 Å². The lowest BCUT2D eigenvalue weighted by molar-refractivity contribution is -0.144. The summed E-state index contributed by atoms with van der Waals surface area (Å²) in [5.41, 5.74) is 3.72. The number of hydrogen-bond acceptors (Lipinski definition) is 9. The summed E-state index contributed by atoms with van der Waals surface area (Å²) in [7, 11) is 4.37. The summed E-state index contributed by atoms with van der Waals surface area (Å²) in [6, 6.07) is 14.0. The Kier molecular flexibility index (Phi) is 11.4. The van der Waals surface area contributed by atoms with Gasteiger partial charge in [0.1, 0.15) is 12.2 Å². The third kappa shape index (κ3) is 8.05. The maximum Gasteiger partial charge on any atom is 0.338 e. The summed E-state index contributed by atoms with van der Waals surface area (Å²) >= 11 is 6.55. The first-order valence-corrected chi connectivity index (χ1v) is 16.9. The molecule has 3 aromatic rings. The topological polar surface area (TPSA) is 130 Å². The van der Waals surface area contributed by atoms with E-state index in [1.54, 1.807) is 47.4 Å². The molecule has 0 unspecified atom stereocenters. The molecule has 2 aliphatic rings. The molecule has 12 heteroatoms. The highest BCUT2D eigenvalue weighted by molar-refractivity contribution is 6.30. The van der Waals surface area contributed by atoms with Gasteiger partial charge in [-0.2, -0.15) is 0 Å². The van der Waals surface area contributed by atoms with E-state index < -0.39 is 41.4 Å². The van der Waals surface area contributed by atoms with Gasteiger partial charge in [-0.25, -0.2) is 4.79 Å². The summed E-state index contributed by atoms with van der Waals surface area (Å²) in [5, 5.41) is 3.31. The van der Waals surface area contributed by atoms with Gasteiger partial charge in [0, 0.05) is 46.4 Å². The molecule has 0 fully saturated rings. The number of fused-ring (bicyclic) bond motifs is 2. The van der Waals surface area contributed by atoms with Crippen molar-refractivity contribution in [2.75, 3.05) is 44.7 Å². The number of para-hydroxylation sites is 1. The molecule has 11 nitrogen and oxygen atoms in total. The molecule has 0 aromatic heterocycles. The Balaban J connectivity index is 1.56. The number of anilines is 2. The Morgan fingerprint density at radius 1 is 1.00 bits per heavy atom. The quantitative estimate of drug-likeness (QED) is 0.223. The van der Waals surface area contributed by atoms with Crippen LogP contribution < -0.4 is 19.7 Å². The van der Waals surface area contributed by atoms with Crippen LogP contribution in [0.4, 0.5) is 11.4 Å². The SMILES string of the molecule is COC(=O)c1cc(NC(=O)C[C@H]2O[C@H](c3cccc(OC)c3OC)c3cc(Cl)ccc3N(CC(C)(C)COC(C)=O)C2=O)cc2c1CCCC2.